The van der Waals surface area contributed by atoms with Gasteiger partial charge >= 0.3 is 0 Å². The Morgan fingerprint density at radius 1 is 1.08 bits per heavy atom. The number of hydrogen-bond acceptors (Lipinski definition) is 3. The first kappa shape index (κ1) is 20.1. The van der Waals surface area contributed by atoms with E-state index in [1.807, 2.05) is 24.4 Å². The average Bonchev–Trinajstić information content (AvgIpc) is 2.82. The van der Waals surface area contributed by atoms with E-state index in [-0.39, 0.29) is 17.8 Å². The number of methoxy groups -OCH3 is 2. The topological polar surface area (TPSA) is 30.5 Å². The molecule has 0 spiro atoms. The van der Waals surface area contributed by atoms with Gasteiger partial charge in [0.15, 0.2) is 0 Å². The van der Waals surface area contributed by atoms with Crippen molar-refractivity contribution >= 4 is 11.4 Å². The number of fused-ring (bicyclic) bond motifs is 1. The van der Waals surface area contributed by atoms with Gasteiger partial charge in [-0.15, -0.1) is 0 Å². The third-order valence-corrected chi connectivity index (χ3v) is 4.96. The van der Waals surface area contributed by atoms with Crippen molar-refractivity contribution in [1.29, 1.82) is 0 Å². The molecule has 5 heteroatoms. The summed E-state index contributed by atoms with van der Waals surface area (Å²) in [7, 11) is 5.56. The van der Waals surface area contributed by atoms with Gasteiger partial charge in [0.25, 0.3) is 0 Å². The highest BCUT2D eigenvalue weighted by Gasteiger charge is 2.44. The summed E-state index contributed by atoms with van der Waals surface area (Å²) in [5, 5.41) is 3.35. The molecule has 0 bridgehead atoms. The van der Waals surface area contributed by atoms with Crippen LogP contribution in [0.25, 0.3) is 0 Å². The smallest absolute Gasteiger partial charge is 0.145 e. The highest BCUT2D eigenvalue weighted by molar-refractivity contribution is 5.62. The normalized spacial score (nSPS) is 20.3. The first-order chi connectivity index (χ1) is 11.9. The highest BCUT2D eigenvalue weighted by atomic mass is 35.5. The fourth-order valence-electron chi connectivity index (χ4n) is 3.83. The number of para-hydroxylation sites is 1. The second-order valence-corrected chi connectivity index (χ2v) is 7.35. The maximum Gasteiger partial charge on any atom is 0.145 e. The molecule has 0 aliphatic carbocycles. The van der Waals surface area contributed by atoms with Crippen LogP contribution >= 0.6 is 0 Å². The van der Waals surface area contributed by atoms with E-state index >= 15 is 0 Å². The van der Waals surface area contributed by atoms with Crippen LogP contribution < -0.4 is 31.7 Å². The molecule has 1 aliphatic heterocycles. The Labute approximate surface area is 162 Å². The number of quaternary nitrogens is 1. The summed E-state index contributed by atoms with van der Waals surface area (Å²) in [5.74, 6) is 1.54. The molecule has 0 fully saturated rings. The Morgan fingerprint density at radius 3 is 2.50 bits per heavy atom. The van der Waals surface area contributed by atoms with Gasteiger partial charge in [-0.2, -0.15) is 0 Å². The summed E-state index contributed by atoms with van der Waals surface area (Å²) >= 11 is 0. The number of benzene rings is 2. The number of likely N-dealkylation sites (N-methyl/N-ethyl adjacent to an activating group) is 1. The molecule has 0 aromatic heterocycles. The van der Waals surface area contributed by atoms with Gasteiger partial charge in [0, 0.05) is 17.0 Å². The molecule has 2 aromatic rings. The zero-order valence-corrected chi connectivity index (χ0v) is 16.8. The third-order valence-electron chi connectivity index (χ3n) is 4.96. The van der Waals surface area contributed by atoms with Gasteiger partial charge < -0.3 is 27.2 Å². The molecular formula is C21H27ClN2O2. The van der Waals surface area contributed by atoms with Gasteiger partial charge in [0.2, 0.25) is 0 Å². The van der Waals surface area contributed by atoms with Crippen molar-refractivity contribution in [1.82, 2.24) is 4.48 Å². The SMILES string of the molecule is COc1ccc(N/C=C/[N+]2(C)CC(C)(C)c3ccccc32)c(OC)c1.[Cl-]. The molecule has 1 heterocycles. The zero-order chi connectivity index (χ0) is 18.1. The van der Waals surface area contributed by atoms with Gasteiger partial charge in [0.1, 0.15) is 23.4 Å². The lowest BCUT2D eigenvalue weighted by Crippen LogP contribution is -3.00. The van der Waals surface area contributed by atoms with E-state index < -0.39 is 0 Å². The van der Waals surface area contributed by atoms with Gasteiger partial charge in [-0.3, -0.25) is 4.48 Å². The maximum absolute atomic E-state index is 5.44. The number of nitrogens with one attached hydrogen (secondary N) is 1. The van der Waals surface area contributed by atoms with Crippen LogP contribution in [0.2, 0.25) is 0 Å². The molecule has 140 valence electrons. The zero-order valence-electron chi connectivity index (χ0n) is 16.0. The van der Waals surface area contributed by atoms with Crippen molar-refractivity contribution in [2.45, 2.75) is 19.3 Å². The monoisotopic (exact) mass is 374 g/mol. The van der Waals surface area contributed by atoms with Crippen molar-refractivity contribution in [3.8, 4) is 11.5 Å². The molecule has 0 saturated heterocycles. The minimum atomic E-state index is 0. The van der Waals surface area contributed by atoms with Gasteiger partial charge in [-0.25, -0.2) is 0 Å². The standard InChI is InChI=1S/C21H27N2O2.ClH/c1-21(2)15-23(3,19-9-7-6-8-17(19)21)13-12-22-18-11-10-16(24-4)14-20(18)25-5;/h6-14,22H,15H2,1-5H3;1H/q+1;/p-1/b13-12+;. The first-order valence-corrected chi connectivity index (χ1v) is 8.51. The molecule has 0 amide bonds. The van der Waals surface area contributed by atoms with Crippen LogP contribution in [0.1, 0.15) is 19.4 Å². The summed E-state index contributed by atoms with van der Waals surface area (Å²) in [6.07, 6.45) is 4.21. The van der Waals surface area contributed by atoms with Crippen LogP contribution in [0.5, 0.6) is 11.5 Å². The summed E-state index contributed by atoms with van der Waals surface area (Å²) in [6.45, 7) is 5.65. The molecule has 0 saturated carbocycles. The lowest BCUT2D eigenvalue weighted by molar-refractivity contribution is -0.00000616. The Kier molecular flexibility index (Phi) is 5.89. The first-order valence-electron chi connectivity index (χ1n) is 8.51. The van der Waals surface area contributed by atoms with Gasteiger partial charge in [-0.1, -0.05) is 32.0 Å². The predicted octanol–water partition coefficient (Wildman–Crippen LogP) is 1.52. The minimum absolute atomic E-state index is 0. The van der Waals surface area contributed by atoms with Crippen LogP contribution in [0.3, 0.4) is 0 Å². The van der Waals surface area contributed by atoms with Crippen LogP contribution in [0, 0.1) is 0 Å². The van der Waals surface area contributed by atoms with Crippen molar-refractivity contribution < 1.29 is 21.9 Å². The molecule has 1 N–H and O–H groups in total. The van der Waals surface area contributed by atoms with Crippen LogP contribution in [0.4, 0.5) is 11.4 Å². The Morgan fingerprint density at radius 2 is 1.81 bits per heavy atom. The summed E-state index contributed by atoms with van der Waals surface area (Å²) in [4.78, 5) is 0. The molecule has 4 nitrogen and oxygen atoms in total. The molecule has 3 rings (SSSR count). The Hall–Kier alpha value is -2.17. The van der Waals surface area contributed by atoms with E-state index in [1.54, 1.807) is 14.2 Å². The van der Waals surface area contributed by atoms with Gasteiger partial charge in [-0.05, 0) is 18.2 Å². The van der Waals surface area contributed by atoms with Crippen molar-refractivity contribution in [2.75, 3.05) is 33.1 Å². The number of anilines is 1. The third kappa shape index (κ3) is 3.67. The Bertz CT molecular complexity index is 804. The predicted molar refractivity (Wildman–Crippen MR) is 104 cm³/mol. The average molecular weight is 375 g/mol. The summed E-state index contributed by atoms with van der Waals surface area (Å²) < 4.78 is 11.5. The largest absolute Gasteiger partial charge is 1.00 e. The van der Waals surface area contributed by atoms with Crippen LogP contribution in [0.15, 0.2) is 54.9 Å². The van der Waals surface area contributed by atoms with E-state index in [4.69, 9.17) is 9.47 Å². The van der Waals surface area contributed by atoms with E-state index in [1.165, 1.54) is 11.3 Å². The summed E-state index contributed by atoms with van der Waals surface area (Å²) in [5.41, 5.74) is 3.85. The lowest BCUT2D eigenvalue weighted by Gasteiger charge is -2.27. The molecule has 26 heavy (non-hydrogen) atoms. The van der Waals surface area contributed by atoms with E-state index in [0.717, 1.165) is 28.2 Å². The van der Waals surface area contributed by atoms with Crippen LogP contribution in [-0.2, 0) is 5.41 Å². The van der Waals surface area contributed by atoms with Gasteiger partial charge in [0.05, 0.1) is 39.7 Å². The molecule has 1 unspecified atom stereocenters. The van der Waals surface area contributed by atoms with E-state index in [0.29, 0.717) is 0 Å². The fraction of sp³-hybridized carbons (Fsp3) is 0.333. The minimum Gasteiger partial charge on any atom is -1.00 e. The maximum atomic E-state index is 5.44. The van der Waals surface area contributed by atoms with Crippen LogP contribution in [-0.4, -0.2) is 27.8 Å². The summed E-state index contributed by atoms with van der Waals surface area (Å²) in [6, 6.07) is 14.5. The molecule has 0 radical (unpaired) electrons. The van der Waals surface area contributed by atoms with Crippen molar-refractivity contribution in [3.05, 3.63) is 60.4 Å². The van der Waals surface area contributed by atoms with E-state index in [9.17, 15) is 0 Å². The van der Waals surface area contributed by atoms with E-state index in [2.05, 4.69) is 56.7 Å². The molecular weight excluding hydrogens is 348 g/mol. The number of halogens is 1. The lowest BCUT2D eigenvalue weighted by atomic mass is 9.87. The molecule has 1 aliphatic rings. The molecule has 2 aromatic carbocycles. The highest BCUT2D eigenvalue weighted by Crippen LogP contribution is 2.44. The van der Waals surface area contributed by atoms with Crippen molar-refractivity contribution in [2.24, 2.45) is 0 Å². The quantitative estimate of drug-likeness (QED) is 0.805. The second-order valence-electron chi connectivity index (χ2n) is 7.35. The fourth-order valence-corrected chi connectivity index (χ4v) is 3.83. The Balaban J connectivity index is 0.00000243. The number of rotatable bonds is 5. The molecule has 1 atom stereocenters. The van der Waals surface area contributed by atoms with Crippen molar-refractivity contribution in [3.63, 3.8) is 0 Å². The number of nitrogens with zero attached hydrogens (tertiary/aromatic N) is 1. The number of ether oxygens (including phenoxy) is 2. The number of hydrogen-bond donors (Lipinski definition) is 1. The second kappa shape index (κ2) is 7.60.